The Morgan fingerprint density at radius 3 is 2.12 bits per heavy atom. The molecule has 1 heterocycles. The number of alkyl halides is 6. The van der Waals surface area contributed by atoms with E-state index in [1.54, 1.807) is 43.3 Å². The van der Waals surface area contributed by atoms with Crippen LogP contribution in [0.3, 0.4) is 0 Å². The Bertz CT molecular complexity index is 1350. The molecule has 1 N–H and O–H groups in total. The number of ether oxygens (including phenoxy) is 1. The summed E-state index contributed by atoms with van der Waals surface area (Å²) in [6.07, 6.45) is -12.8. The highest BCUT2D eigenvalue weighted by Crippen LogP contribution is 2.51. The molecule has 40 heavy (non-hydrogen) atoms. The first-order chi connectivity index (χ1) is 18.6. The Morgan fingerprint density at radius 2 is 1.55 bits per heavy atom. The quantitative estimate of drug-likeness (QED) is 0.301. The number of aryl methyl sites for hydroxylation is 1. The number of rotatable bonds is 5. The molecule has 0 aromatic heterocycles. The van der Waals surface area contributed by atoms with Gasteiger partial charge in [0.1, 0.15) is 6.10 Å². The molecule has 0 aliphatic carbocycles. The third kappa shape index (κ3) is 5.62. The molecule has 4 rings (SSSR count). The number of nitrogens with zero attached hydrogens (tertiary/aromatic N) is 1. The predicted molar refractivity (Wildman–Crippen MR) is 139 cm³/mol. The van der Waals surface area contributed by atoms with Crippen molar-refractivity contribution < 1.29 is 41.0 Å². The van der Waals surface area contributed by atoms with Crippen LogP contribution in [0.15, 0.2) is 66.7 Å². The largest absolute Gasteiger partial charge is 0.485 e. The third-order valence-corrected chi connectivity index (χ3v) is 7.47. The first-order valence-electron chi connectivity index (χ1n) is 12.1. The summed E-state index contributed by atoms with van der Waals surface area (Å²) in [4.78, 5) is 15.0. The van der Waals surface area contributed by atoms with Crippen LogP contribution in [0.5, 0.6) is 5.75 Å². The molecule has 0 spiro atoms. The normalized spacial score (nSPS) is 17.1. The number of hydrogen-bond donors (Lipinski definition) is 1. The molecular formula is C28H23Cl2F6NO3. The predicted octanol–water partition coefficient (Wildman–Crippen LogP) is 7.84. The fourth-order valence-electron chi connectivity index (χ4n) is 4.66. The lowest BCUT2D eigenvalue weighted by Gasteiger charge is -2.34. The van der Waals surface area contributed by atoms with Crippen LogP contribution in [0, 0.1) is 0 Å². The number of carbonyl (C=O) groups excluding carboxylic acids is 1. The van der Waals surface area contributed by atoms with Crippen LogP contribution >= 0.6 is 23.2 Å². The first-order valence-corrected chi connectivity index (χ1v) is 12.9. The Morgan fingerprint density at radius 1 is 0.950 bits per heavy atom. The highest BCUT2D eigenvalue weighted by molar-refractivity contribution is 6.37. The van der Waals surface area contributed by atoms with E-state index in [4.69, 9.17) is 27.9 Å². The van der Waals surface area contributed by atoms with Crippen molar-refractivity contribution in [1.82, 2.24) is 0 Å². The number of halogens is 8. The monoisotopic (exact) mass is 605 g/mol. The van der Waals surface area contributed by atoms with Gasteiger partial charge in [-0.1, -0.05) is 71.7 Å². The van der Waals surface area contributed by atoms with E-state index >= 15 is 0 Å². The molecule has 3 aromatic carbocycles. The van der Waals surface area contributed by atoms with Gasteiger partial charge in [0.05, 0.1) is 22.5 Å². The van der Waals surface area contributed by atoms with Crippen LogP contribution in [0.1, 0.15) is 36.0 Å². The van der Waals surface area contributed by atoms with Crippen molar-refractivity contribution in [3.05, 3.63) is 93.5 Å². The smallest absolute Gasteiger partial charge is 0.430 e. The minimum Gasteiger partial charge on any atom is -0.485 e. The van der Waals surface area contributed by atoms with Gasteiger partial charge in [0.15, 0.2) is 5.75 Å². The van der Waals surface area contributed by atoms with Crippen LogP contribution in [0.2, 0.25) is 10.0 Å². The highest BCUT2D eigenvalue weighted by atomic mass is 35.5. The van der Waals surface area contributed by atoms with Gasteiger partial charge >= 0.3 is 12.4 Å². The first kappa shape index (κ1) is 30.0. The van der Waals surface area contributed by atoms with Crippen molar-refractivity contribution in [2.45, 2.75) is 49.7 Å². The number of para-hydroxylation sites is 1. The lowest BCUT2D eigenvalue weighted by molar-refractivity contribution is -0.376. The fourth-order valence-corrected chi connectivity index (χ4v) is 5.14. The van der Waals surface area contributed by atoms with Gasteiger partial charge in [-0.05, 0) is 49.1 Å². The summed E-state index contributed by atoms with van der Waals surface area (Å²) < 4.78 is 87.6. The number of amides is 1. The molecule has 0 saturated heterocycles. The molecule has 0 radical (unpaired) electrons. The molecule has 3 aromatic rings. The number of fused-ring (bicyclic) bond motifs is 1. The zero-order valence-electron chi connectivity index (χ0n) is 20.9. The van der Waals surface area contributed by atoms with Gasteiger partial charge in [-0.3, -0.25) is 4.79 Å². The van der Waals surface area contributed by atoms with Gasteiger partial charge in [-0.15, -0.1) is 0 Å². The van der Waals surface area contributed by atoms with Crippen molar-refractivity contribution in [1.29, 1.82) is 0 Å². The summed E-state index contributed by atoms with van der Waals surface area (Å²) in [5.41, 5.74) is -5.73. The maximum absolute atomic E-state index is 13.8. The zero-order chi connectivity index (χ0) is 29.5. The summed E-state index contributed by atoms with van der Waals surface area (Å²) >= 11 is 12.5. The van der Waals surface area contributed by atoms with Gasteiger partial charge in [0.25, 0.3) is 5.60 Å². The van der Waals surface area contributed by atoms with E-state index in [1.807, 2.05) is 0 Å². The summed E-state index contributed by atoms with van der Waals surface area (Å²) in [6.45, 7) is 1.55. The summed E-state index contributed by atoms with van der Waals surface area (Å²) in [5.74, 6) is -1.03. The molecule has 214 valence electrons. The second kappa shape index (κ2) is 11.1. The molecular weight excluding hydrogens is 583 g/mol. The Balaban J connectivity index is 1.79. The molecule has 0 bridgehead atoms. The third-order valence-electron chi connectivity index (χ3n) is 6.87. The molecule has 0 fully saturated rings. The molecule has 1 aliphatic rings. The lowest BCUT2D eigenvalue weighted by atomic mass is 9.89. The van der Waals surface area contributed by atoms with Crippen LogP contribution in [-0.2, 0) is 16.8 Å². The number of aliphatic hydroxyl groups is 1. The van der Waals surface area contributed by atoms with E-state index in [1.165, 1.54) is 17.0 Å². The highest BCUT2D eigenvalue weighted by Gasteiger charge is 2.71. The van der Waals surface area contributed by atoms with Crippen molar-refractivity contribution in [2.75, 3.05) is 11.4 Å². The van der Waals surface area contributed by atoms with E-state index in [2.05, 4.69) is 0 Å². The van der Waals surface area contributed by atoms with Gasteiger partial charge in [0, 0.05) is 11.3 Å². The number of anilines is 1. The van der Waals surface area contributed by atoms with Gasteiger partial charge in [-0.25, -0.2) is 0 Å². The molecule has 12 heteroatoms. The second-order valence-corrected chi connectivity index (χ2v) is 10.3. The van der Waals surface area contributed by atoms with Crippen molar-refractivity contribution in [3.63, 3.8) is 0 Å². The Kier molecular flexibility index (Phi) is 8.36. The maximum atomic E-state index is 13.8. The van der Waals surface area contributed by atoms with E-state index in [9.17, 15) is 36.2 Å². The zero-order valence-corrected chi connectivity index (χ0v) is 22.4. The van der Waals surface area contributed by atoms with E-state index < -0.39 is 41.4 Å². The Labute approximate surface area is 236 Å². The van der Waals surface area contributed by atoms with E-state index in [-0.39, 0.29) is 46.4 Å². The molecule has 0 saturated carbocycles. The van der Waals surface area contributed by atoms with Crippen molar-refractivity contribution >= 4 is 34.8 Å². The molecule has 4 nitrogen and oxygen atoms in total. The topological polar surface area (TPSA) is 49.8 Å². The maximum Gasteiger partial charge on any atom is 0.430 e. The number of benzene rings is 3. The van der Waals surface area contributed by atoms with Crippen LogP contribution < -0.4 is 9.64 Å². The van der Waals surface area contributed by atoms with Crippen molar-refractivity contribution in [3.8, 4) is 5.75 Å². The average Bonchev–Trinajstić information content (AvgIpc) is 3.08. The van der Waals surface area contributed by atoms with Gasteiger partial charge in [0.2, 0.25) is 5.91 Å². The molecule has 2 atom stereocenters. The van der Waals surface area contributed by atoms with Crippen LogP contribution in [0.25, 0.3) is 0 Å². The second-order valence-electron chi connectivity index (χ2n) is 9.46. The van der Waals surface area contributed by atoms with Gasteiger partial charge < -0.3 is 14.7 Å². The SMILES string of the molecule is C[C@H](C(=O)N1C[C@@H](Oc2c(Cl)cccc2Cl)CCc2cc(C(O)(C(F)(F)F)C(F)(F)F)ccc21)c1ccccc1. The van der Waals surface area contributed by atoms with E-state index in [0.29, 0.717) is 17.7 Å². The van der Waals surface area contributed by atoms with Crippen LogP contribution in [0.4, 0.5) is 32.0 Å². The Hall–Kier alpha value is -2.95. The number of carbonyl (C=O) groups is 1. The fraction of sp³-hybridized carbons (Fsp3) is 0.321. The summed E-state index contributed by atoms with van der Waals surface area (Å²) in [5, 5.41) is 10.3. The minimum atomic E-state index is -6.05. The lowest BCUT2D eigenvalue weighted by Crippen LogP contribution is -2.54. The molecule has 1 amide bonds. The standard InChI is InChI=1S/C28H23Cl2F6NO3/c1-16(17-6-3-2-4-7-17)25(38)37-15-20(40-24-21(29)8-5-9-22(24)30)12-10-18-14-19(11-13-23(18)37)26(39,27(31,32)33)28(34,35)36/h2-9,11,13-14,16,20,39H,10,12,15H2,1H3/t16-,20-/m0/s1. The van der Waals surface area contributed by atoms with Crippen molar-refractivity contribution in [2.24, 2.45) is 0 Å². The van der Waals surface area contributed by atoms with Crippen LogP contribution in [-0.4, -0.2) is 36.0 Å². The molecule has 0 unspecified atom stereocenters. The van der Waals surface area contributed by atoms with Gasteiger partial charge in [-0.2, -0.15) is 26.3 Å². The summed E-state index contributed by atoms with van der Waals surface area (Å²) in [7, 11) is 0. The van der Waals surface area contributed by atoms with E-state index in [0.717, 1.165) is 6.07 Å². The molecule has 1 aliphatic heterocycles. The summed E-state index contributed by atoms with van der Waals surface area (Å²) in [6, 6.07) is 15.6. The minimum absolute atomic E-state index is 0.00870. The average molecular weight is 606 g/mol. The number of hydrogen-bond acceptors (Lipinski definition) is 3.